The van der Waals surface area contributed by atoms with Crippen LogP contribution in [0.4, 0.5) is 5.95 Å². The highest BCUT2D eigenvalue weighted by Crippen LogP contribution is 2.23. The fraction of sp³-hybridized carbons (Fsp3) is 0.316. The quantitative estimate of drug-likeness (QED) is 0.628. The first kappa shape index (κ1) is 17.9. The number of allylic oxidation sites excluding steroid dienone is 1. The van der Waals surface area contributed by atoms with Gasteiger partial charge in [0.2, 0.25) is 11.7 Å². The SMILES string of the molecule is C=CCn1cnc2oc(C)c(C(=O)N3CCN(c4ncccn4)CC3)c2c1=O. The number of amides is 1. The van der Waals surface area contributed by atoms with Gasteiger partial charge in [0.1, 0.15) is 17.5 Å². The molecule has 9 nitrogen and oxygen atoms in total. The first-order valence-corrected chi connectivity index (χ1v) is 9.01. The van der Waals surface area contributed by atoms with Gasteiger partial charge in [0.05, 0.1) is 5.56 Å². The molecule has 3 aromatic rings. The van der Waals surface area contributed by atoms with E-state index in [1.54, 1.807) is 36.4 Å². The molecule has 1 aliphatic heterocycles. The van der Waals surface area contributed by atoms with Crippen molar-refractivity contribution in [3.63, 3.8) is 0 Å². The van der Waals surface area contributed by atoms with Gasteiger partial charge in [-0.1, -0.05) is 6.08 Å². The Morgan fingerprint density at radius 3 is 2.61 bits per heavy atom. The summed E-state index contributed by atoms with van der Waals surface area (Å²) in [6.07, 6.45) is 6.40. The largest absolute Gasteiger partial charge is 0.442 e. The van der Waals surface area contributed by atoms with Crippen molar-refractivity contribution in [1.29, 1.82) is 0 Å². The number of aromatic nitrogens is 4. The number of carbonyl (C=O) groups excluding carboxylic acids is 1. The van der Waals surface area contributed by atoms with Crippen molar-refractivity contribution in [2.75, 3.05) is 31.1 Å². The third-order valence-corrected chi connectivity index (χ3v) is 4.80. The Kier molecular flexibility index (Phi) is 4.64. The molecule has 0 unspecified atom stereocenters. The number of hydrogen-bond acceptors (Lipinski definition) is 7. The number of furan rings is 1. The summed E-state index contributed by atoms with van der Waals surface area (Å²) in [6, 6.07) is 1.77. The molecule has 1 saturated heterocycles. The topological polar surface area (TPSA) is 97.4 Å². The Labute approximate surface area is 160 Å². The third kappa shape index (κ3) is 3.04. The summed E-state index contributed by atoms with van der Waals surface area (Å²) in [7, 11) is 0. The molecule has 0 radical (unpaired) electrons. The molecule has 4 heterocycles. The molecule has 3 aromatic heterocycles. The fourth-order valence-corrected chi connectivity index (χ4v) is 3.39. The molecule has 0 atom stereocenters. The second-order valence-corrected chi connectivity index (χ2v) is 6.53. The molecule has 0 spiro atoms. The maximum absolute atomic E-state index is 13.2. The predicted molar refractivity (Wildman–Crippen MR) is 103 cm³/mol. The van der Waals surface area contributed by atoms with Crippen LogP contribution in [0.25, 0.3) is 11.1 Å². The molecule has 1 aliphatic rings. The van der Waals surface area contributed by atoms with Gasteiger partial charge in [0, 0.05) is 45.1 Å². The van der Waals surface area contributed by atoms with E-state index in [1.165, 1.54) is 10.9 Å². The van der Waals surface area contributed by atoms with Crippen molar-refractivity contribution in [3.8, 4) is 0 Å². The minimum absolute atomic E-state index is 0.183. The van der Waals surface area contributed by atoms with Crippen LogP contribution >= 0.6 is 0 Å². The Hall–Kier alpha value is -3.49. The molecule has 144 valence electrons. The average molecular weight is 380 g/mol. The first-order valence-electron chi connectivity index (χ1n) is 9.01. The van der Waals surface area contributed by atoms with Crippen LogP contribution in [0.15, 0.2) is 46.7 Å². The van der Waals surface area contributed by atoms with E-state index in [-0.39, 0.29) is 28.1 Å². The lowest BCUT2D eigenvalue weighted by Gasteiger charge is -2.34. The molecule has 4 rings (SSSR count). The summed E-state index contributed by atoms with van der Waals surface area (Å²) < 4.78 is 7.00. The van der Waals surface area contributed by atoms with Gasteiger partial charge >= 0.3 is 0 Å². The Bertz CT molecular complexity index is 1080. The van der Waals surface area contributed by atoms with Gasteiger partial charge in [-0.2, -0.15) is 0 Å². The molecule has 0 N–H and O–H groups in total. The molecule has 0 aliphatic carbocycles. The molecule has 28 heavy (non-hydrogen) atoms. The van der Waals surface area contributed by atoms with E-state index in [1.807, 2.05) is 4.90 Å². The van der Waals surface area contributed by atoms with Crippen LogP contribution in [0.3, 0.4) is 0 Å². The van der Waals surface area contributed by atoms with Crippen molar-refractivity contribution < 1.29 is 9.21 Å². The second kappa shape index (κ2) is 7.26. The van der Waals surface area contributed by atoms with E-state index < -0.39 is 0 Å². The molecule has 9 heteroatoms. The summed E-state index contributed by atoms with van der Waals surface area (Å²) in [4.78, 5) is 42.4. The summed E-state index contributed by atoms with van der Waals surface area (Å²) in [5, 5.41) is 0.223. The number of aryl methyl sites for hydroxylation is 1. The normalized spacial score (nSPS) is 14.5. The zero-order chi connectivity index (χ0) is 19.7. The van der Waals surface area contributed by atoms with Crippen molar-refractivity contribution in [1.82, 2.24) is 24.4 Å². The van der Waals surface area contributed by atoms with Crippen LogP contribution in [0.5, 0.6) is 0 Å². The average Bonchev–Trinajstić information content (AvgIpc) is 3.07. The Morgan fingerprint density at radius 2 is 1.93 bits per heavy atom. The van der Waals surface area contributed by atoms with E-state index in [2.05, 4.69) is 21.5 Å². The third-order valence-electron chi connectivity index (χ3n) is 4.80. The smallest absolute Gasteiger partial charge is 0.265 e. The van der Waals surface area contributed by atoms with Crippen LogP contribution in [-0.4, -0.2) is 56.5 Å². The van der Waals surface area contributed by atoms with Gasteiger partial charge in [-0.15, -0.1) is 6.58 Å². The highest BCUT2D eigenvalue weighted by atomic mass is 16.3. The zero-order valence-electron chi connectivity index (χ0n) is 15.5. The van der Waals surface area contributed by atoms with Crippen LogP contribution in [0, 0.1) is 6.92 Å². The summed E-state index contributed by atoms with van der Waals surface area (Å²) >= 11 is 0. The monoisotopic (exact) mass is 380 g/mol. The van der Waals surface area contributed by atoms with E-state index >= 15 is 0 Å². The molecule has 1 fully saturated rings. The second-order valence-electron chi connectivity index (χ2n) is 6.53. The van der Waals surface area contributed by atoms with E-state index in [4.69, 9.17) is 4.42 Å². The molecular formula is C19H20N6O3. The summed E-state index contributed by atoms with van der Waals surface area (Å²) in [5.41, 5.74) is 0.166. The van der Waals surface area contributed by atoms with Gasteiger partial charge in [-0.3, -0.25) is 14.2 Å². The van der Waals surface area contributed by atoms with E-state index in [0.717, 1.165) is 0 Å². The van der Waals surface area contributed by atoms with Crippen LogP contribution < -0.4 is 10.5 Å². The van der Waals surface area contributed by atoms with E-state index in [9.17, 15) is 9.59 Å². The molecular weight excluding hydrogens is 360 g/mol. The van der Waals surface area contributed by atoms with Crippen molar-refractivity contribution >= 4 is 23.0 Å². The van der Waals surface area contributed by atoms with Crippen LogP contribution in [-0.2, 0) is 6.54 Å². The molecule has 0 saturated carbocycles. The number of nitrogens with zero attached hydrogens (tertiary/aromatic N) is 6. The number of fused-ring (bicyclic) bond motifs is 1. The first-order chi connectivity index (χ1) is 13.6. The number of anilines is 1. The van der Waals surface area contributed by atoms with Gasteiger partial charge in [-0.05, 0) is 13.0 Å². The number of hydrogen-bond donors (Lipinski definition) is 0. The molecule has 0 bridgehead atoms. The highest BCUT2D eigenvalue weighted by Gasteiger charge is 2.29. The maximum Gasteiger partial charge on any atom is 0.265 e. The van der Waals surface area contributed by atoms with E-state index in [0.29, 0.717) is 44.4 Å². The number of rotatable bonds is 4. The highest BCUT2D eigenvalue weighted by molar-refractivity contribution is 6.06. The molecule has 0 aromatic carbocycles. The maximum atomic E-state index is 13.2. The van der Waals surface area contributed by atoms with Crippen molar-refractivity contribution in [2.24, 2.45) is 0 Å². The lowest BCUT2D eigenvalue weighted by Crippen LogP contribution is -2.49. The predicted octanol–water partition coefficient (Wildman–Crippen LogP) is 1.24. The minimum atomic E-state index is -0.304. The van der Waals surface area contributed by atoms with Crippen LogP contribution in [0.2, 0.25) is 0 Å². The lowest BCUT2D eigenvalue weighted by atomic mass is 10.1. The summed E-state index contributed by atoms with van der Waals surface area (Å²) in [6.45, 7) is 7.88. The zero-order valence-corrected chi connectivity index (χ0v) is 15.5. The Balaban J connectivity index is 1.61. The van der Waals surface area contributed by atoms with Crippen molar-refractivity contribution in [3.05, 3.63) is 59.1 Å². The van der Waals surface area contributed by atoms with Gasteiger partial charge < -0.3 is 14.2 Å². The van der Waals surface area contributed by atoms with Crippen LogP contribution in [0.1, 0.15) is 16.1 Å². The molecule has 1 amide bonds. The lowest BCUT2D eigenvalue weighted by molar-refractivity contribution is 0.0746. The van der Waals surface area contributed by atoms with Crippen molar-refractivity contribution in [2.45, 2.75) is 13.5 Å². The minimum Gasteiger partial charge on any atom is -0.442 e. The number of carbonyl (C=O) groups is 1. The number of piperazine rings is 1. The fourth-order valence-electron chi connectivity index (χ4n) is 3.39. The van der Waals surface area contributed by atoms with Gasteiger partial charge in [0.25, 0.3) is 11.5 Å². The summed E-state index contributed by atoms with van der Waals surface area (Å²) in [5.74, 6) is 0.825. The Morgan fingerprint density at radius 1 is 1.21 bits per heavy atom. The van der Waals surface area contributed by atoms with Gasteiger partial charge in [-0.25, -0.2) is 15.0 Å². The van der Waals surface area contributed by atoms with Gasteiger partial charge in [0.15, 0.2) is 0 Å². The standard InChI is InChI=1S/C19H20N6O3/c1-3-7-25-12-22-16-15(18(25)27)14(13(2)28-16)17(26)23-8-10-24(11-9-23)19-20-5-4-6-21-19/h3-6,12H,1,7-11H2,2H3.